The molecule has 1 fully saturated rings. The predicted molar refractivity (Wildman–Crippen MR) is 115 cm³/mol. The van der Waals surface area contributed by atoms with Crippen LogP contribution < -0.4 is 10.6 Å². The van der Waals surface area contributed by atoms with E-state index in [2.05, 4.69) is 48.2 Å². The normalized spacial score (nSPS) is 16.8. The van der Waals surface area contributed by atoms with Gasteiger partial charge in [0.05, 0.1) is 12.2 Å². The van der Waals surface area contributed by atoms with Crippen LogP contribution in [-0.4, -0.2) is 48.1 Å². The molecule has 0 saturated carbocycles. The van der Waals surface area contributed by atoms with Crippen LogP contribution in [0.4, 0.5) is 0 Å². The number of thiazole rings is 1. The Bertz CT molecular complexity index is 490. The maximum Gasteiger partial charge on any atom is 0.191 e. The molecule has 1 aromatic heterocycles. The summed E-state index contributed by atoms with van der Waals surface area (Å²) in [6.07, 6.45) is 3.63. The van der Waals surface area contributed by atoms with Gasteiger partial charge >= 0.3 is 0 Å². The fourth-order valence-electron chi connectivity index (χ4n) is 2.88. The van der Waals surface area contributed by atoms with E-state index in [4.69, 9.17) is 4.99 Å². The van der Waals surface area contributed by atoms with Crippen LogP contribution in [-0.2, 0) is 6.54 Å². The van der Waals surface area contributed by atoms with Crippen molar-refractivity contribution in [1.82, 2.24) is 20.5 Å². The van der Waals surface area contributed by atoms with Gasteiger partial charge < -0.3 is 15.5 Å². The molecule has 2 rings (SSSR count). The summed E-state index contributed by atoms with van der Waals surface area (Å²) in [6, 6.07) is 0.528. The molecule has 24 heavy (non-hydrogen) atoms. The van der Waals surface area contributed by atoms with Crippen LogP contribution in [0.2, 0.25) is 0 Å². The van der Waals surface area contributed by atoms with Crippen LogP contribution in [0.3, 0.4) is 0 Å². The summed E-state index contributed by atoms with van der Waals surface area (Å²) in [5.41, 5.74) is 1.13. The summed E-state index contributed by atoms with van der Waals surface area (Å²) in [6.45, 7) is 13.7. The second-order valence-corrected chi connectivity index (χ2v) is 7.49. The van der Waals surface area contributed by atoms with Gasteiger partial charge in [0, 0.05) is 30.6 Å². The van der Waals surface area contributed by atoms with E-state index in [0.717, 1.165) is 23.2 Å². The number of halogens is 1. The fourth-order valence-corrected chi connectivity index (χ4v) is 3.74. The molecule has 1 aliphatic heterocycles. The van der Waals surface area contributed by atoms with E-state index < -0.39 is 0 Å². The second-order valence-electron chi connectivity index (χ2n) is 6.20. The van der Waals surface area contributed by atoms with Crippen molar-refractivity contribution in [3.63, 3.8) is 0 Å². The summed E-state index contributed by atoms with van der Waals surface area (Å²) >= 11 is 1.75. The molecule has 0 aliphatic carbocycles. The van der Waals surface area contributed by atoms with Gasteiger partial charge in [0.1, 0.15) is 5.01 Å². The minimum Gasteiger partial charge on any atom is -0.357 e. The molecule has 0 radical (unpaired) electrons. The van der Waals surface area contributed by atoms with Crippen LogP contribution in [0, 0.1) is 13.8 Å². The van der Waals surface area contributed by atoms with Crippen molar-refractivity contribution < 1.29 is 0 Å². The first kappa shape index (κ1) is 21.6. The quantitative estimate of drug-likeness (QED) is 0.385. The van der Waals surface area contributed by atoms with Crippen LogP contribution in [0.25, 0.3) is 0 Å². The first-order chi connectivity index (χ1) is 11.1. The van der Waals surface area contributed by atoms with Crippen molar-refractivity contribution >= 4 is 41.3 Å². The lowest BCUT2D eigenvalue weighted by molar-refractivity contribution is 0.206. The number of likely N-dealkylation sites (tertiary alicyclic amines) is 1. The molecule has 0 unspecified atom stereocenters. The van der Waals surface area contributed by atoms with E-state index in [9.17, 15) is 0 Å². The molecule has 0 bridgehead atoms. The van der Waals surface area contributed by atoms with E-state index in [0.29, 0.717) is 12.6 Å². The topological polar surface area (TPSA) is 52.5 Å². The average Bonchev–Trinajstić information content (AvgIpc) is 2.86. The zero-order valence-electron chi connectivity index (χ0n) is 15.4. The van der Waals surface area contributed by atoms with Gasteiger partial charge in [-0.1, -0.05) is 6.92 Å². The molecular weight excluding hydrogens is 433 g/mol. The minimum atomic E-state index is 0. The molecule has 5 nitrogen and oxygen atoms in total. The highest BCUT2D eigenvalue weighted by molar-refractivity contribution is 14.0. The number of rotatable bonds is 6. The van der Waals surface area contributed by atoms with E-state index >= 15 is 0 Å². The Morgan fingerprint density at radius 2 is 2.00 bits per heavy atom. The maximum atomic E-state index is 4.72. The molecule has 1 aliphatic rings. The second kappa shape index (κ2) is 11.3. The number of piperidine rings is 1. The number of hydrogen-bond donors (Lipinski definition) is 2. The summed E-state index contributed by atoms with van der Waals surface area (Å²) < 4.78 is 0. The summed E-state index contributed by atoms with van der Waals surface area (Å²) in [5.74, 6) is 0.923. The van der Waals surface area contributed by atoms with E-state index in [1.54, 1.807) is 11.3 Å². The number of aliphatic imine (C=N–C) groups is 1. The molecular formula is C17H32IN5S. The molecule has 2 N–H and O–H groups in total. The Morgan fingerprint density at radius 1 is 1.29 bits per heavy atom. The van der Waals surface area contributed by atoms with Gasteiger partial charge in [0.15, 0.2) is 5.96 Å². The van der Waals surface area contributed by atoms with E-state index in [1.807, 2.05) is 0 Å². The monoisotopic (exact) mass is 465 g/mol. The van der Waals surface area contributed by atoms with E-state index in [-0.39, 0.29) is 24.0 Å². The van der Waals surface area contributed by atoms with Crippen molar-refractivity contribution in [3.05, 3.63) is 15.6 Å². The zero-order valence-corrected chi connectivity index (χ0v) is 18.5. The first-order valence-electron chi connectivity index (χ1n) is 8.82. The van der Waals surface area contributed by atoms with Gasteiger partial charge in [0.2, 0.25) is 0 Å². The number of aryl methyl sites for hydroxylation is 2. The maximum absolute atomic E-state index is 4.72. The van der Waals surface area contributed by atoms with Crippen molar-refractivity contribution in [2.24, 2.45) is 4.99 Å². The molecule has 7 heteroatoms. The third-order valence-corrected chi connectivity index (χ3v) is 5.32. The van der Waals surface area contributed by atoms with Crippen LogP contribution in [0.5, 0.6) is 0 Å². The van der Waals surface area contributed by atoms with Gasteiger partial charge in [-0.15, -0.1) is 35.3 Å². The van der Waals surface area contributed by atoms with Gasteiger partial charge in [-0.05, 0) is 46.6 Å². The van der Waals surface area contributed by atoms with E-state index in [1.165, 1.54) is 43.8 Å². The summed E-state index contributed by atoms with van der Waals surface area (Å²) in [5, 5.41) is 8.05. The number of hydrogen-bond acceptors (Lipinski definition) is 4. The fraction of sp³-hybridized carbons (Fsp3) is 0.765. The highest BCUT2D eigenvalue weighted by atomic mass is 127. The largest absolute Gasteiger partial charge is 0.357 e. The minimum absolute atomic E-state index is 0. The molecule has 138 valence electrons. The molecule has 0 spiro atoms. The van der Waals surface area contributed by atoms with Gasteiger partial charge in [-0.25, -0.2) is 9.98 Å². The van der Waals surface area contributed by atoms with Gasteiger partial charge in [-0.3, -0.25) is 0 Å². The Hall–Kier alpha value is -0.410. The van der Waals surface area contributed by atoms with Crippen molar-refractivity contribution in [2.45, 2.75) is 59.5 Å². The molecule has 2 heterocycles. The van der Waals surface area contributed by atoms with Crippen LogP contribution in [0.1, 0.15) is 48.7 Å². The molecule has 0 aromatic carbocycles. The molecule has 1 saturated heterocycles. The standard InChI is InChI=1S/C17H31N5S.HI/c1-5-9-22-10-7-15(8-11-22)21-17(18-6-2)19-12-16-20-13(3)14(4)23-16;/h15H,5-12H2,1-4H3,(H2,18,19,21);1H. The Balaban J connectivity index is 0.00000288. The Kier molecular flexibility index (Phi) is 10.1. The van der Waals surface area contributed by atoms with Crippen molar-refractivity contribution in [2.75, 3.05) is 26.2 Å². The average molecular weight is 465 g/mol. The molecule has 0 atom stereocenters. The number of nitrogens with one attached hydrogen (secondary N) is 2. The highest BCUT2D eigenvalue weighted by Gasteiger charge is 2.19. The molecule has 0 amide bonds. The SMILES string of the molecule is CCCN1CCC(NC(=NCc2nc(C)c(C)s2)NCC)CC1.I. The Morgan fingerprint density at radius 3 is 2.54 bits per heavy atom. The third kappa shape index (κ3) is 6.84. The predicted octanol–water partition coefficient (Wildman–Crippen LogP) is 3.31. The van der Waals surface area contributed by atoms with Crippen LogP contribution in [0.15, 0.2) is 4.99 Å². The number of nitrogens with zero attached hydrogens (tertiary/aromatic N) is 3. The first-order valence-corrected chi connectivity index (χ1v) is 9.64. The number of guanidine groups is 1. The third-order valence-electron chi connectivity index (χ3n) is 4.26. The van der Waals surface area contributed by atoms with Crippen molar-refractivity contribution in [3.8, 4) is 0 Å². The number of aromatic nitrogens is 1. The van der Waals surface area contributed by atoms with Gasteiger partial charge in [-0.2, -0.15) is 0 Å². The Labute approximate surface area is 167 Å². The lowest BCUT2D eigenvalue weighted by atomic mass is 10.1. The smallest absolute Gasteiger partial charge is 0.191 e. The molecule has 1 aromatic rings. The van der Waals surface area contributed by atoms with Gasteiger partial charge in [0.25, 0.3) is 0 Å². The highest BCUT2D eigenvalue weighted by Crippen LogP contribution is 2.17. The summed E-state index contributed by atoms with van der Waals surface area (Å²) in [4.78, 5) is 13.1. The lowest BCUT2D eigenvalue weighted by Crippen LogP contribution is -2.48. The van der Waals surface area contributed by atoms with Crippen molar-refractivity contribution in [1.29, 1.82) is 0 Å². The zero-order chi connectivity index (χ0) is 16.7. The lowest BCUT2D eigenvalue weighted by Gasteiger charge is -2.32. The van der Waals surface area contributed by atoms with Crippen LogP contribution >= 0.6 is 35.3 Å². The summed E-state index contributed by atoms with van der Waals surface area (Å²) in [7, 11) is 0.